The third-order valence-corrected chi connectivity index (χ3v) is 6.26. The molecule has 0 aliphatic heterocycles. The number of aromatic carboxylic acids is 1. The van der Waals surface area contributed by atoms with E-state index in [1.54, 1.807) is 24.3 Å². The molecule has 156 valence electrons. The number of benzene rings is 4. The highest BCUT2D eigenvalue weighted by Gasteiger charge is 2.45. The quantitative estimate of drug-likeness (QED) is 0.388. The maximum absolute atomic E-state index is 12.0. The Kier molecular flexibility index (Phi) is 4.63. The number of carbonyl (C=O) groups excluding carboxylic acids is 1. The van der Waals surface area contributed by atoms with Crippen molar-refractivity contribution in [2.75, 3.05) is 7.11 Å². The van der Waals surface area contributed by atoms with Crippen molar-refractivity contribution in [3.8, 4) is 11.1 Å². The lowest BCUT2D eigenvalue weighted by molar-refractivity contribution is 0.0599. The average molecular weight is 420 g/mol. The summed E-state index contributed by atoms with van der Waals surface area (Å²) in [6.45, 7) is 0. The van der Waals surface area contributed by atoms with Crippen LogP contribution in [0.25, 0.3) is 11.1 Å². The van der Waals surface area contributed by atoms with Crippen molar-refractivity contribution < 1.29 is 19.4 Å². The zero-order valence-corrected chi connectivity index (χ0v) is 17.4. The summed E-state index contributed by atoms with van der Waals surface area (Å²) >= 11 is 0. The summed E-state index contributed by atoms with van der Waals surface area (Å²) in [7, 11) is 1.37. The Morgan fingerprint density at radius 1 is 0.656 bits per heavy atom. The van der Waals surface area contributed by atoms with Gasteiger partial charge in [0.1, 0.15) is 0 Å². The molecule has 0 amide bonds. The van der Waals surface area contributed by atoms with Crippen LogP contribution in [0.5, 0.6) is 0 Å². The summed E-state index contributed by atoms with van der Waals surface area (Å²) < 4.78 is 4.86. The van der Waals surface area contributed by atoms with Gasteiger partial charge in [-0.2, -0.15) is 0 Å². The Bertz CT molecular complexity index is 1290. The van der Waals surface area contributed by atoms with Crippen LogP contribution in [0.4, 0.5) is 0 Å². The van der Waals surface area contributed by atoms with E-state index in [4.69, 9.17) is 4.74 Å². The molecule has 1 aliphatic rings. The van der Waals surface area contributed by atoms with E-state index in [-0.39, 0.29) is 11.5 Å². The standard InChI is InChI=1S/C28H20O4/c1-32-27(31)19-12-16-21(17-13-19)28(20-14-10-18(11-15-20)26(29)30)24-8-4-2-6-22(24)23-7-3-5-9-25(23)28/h2-17H,1H3,(H,29,30). The minimum absolute atomic E-state index is 0.240. The van der Waals surface area contributed by atoms with Crippen LogP contribution >= 0.6 is 0 Å². The van der Waals surface area contributed by atoms with Gasteiger partial charge in [0.15, 0.2) is 0 Å². The second-order valence-electron chi connectivity index (χ2n) is 7.79. The molecule has 0 spiro atoms. The number of hydrogen-bond acceptors (Lipinski definition) is 3. The maximum Gasteiger partial charge on any atom is 0.337 e. The van der Waals surface area contributed by atoms with Crippen molar-refractivity contribution in [2.24, 2.45) is 0 Å². The number of carboxylic acids is 1. The lowest BCUT2D eigenvalue weighted by Gasteiger charge is -2.34. The Balaban J connectivity index is 1.83. The third-order valence-electron chi connectivity index (χ3n) is 6.26. The topological polar surface area (TPSA) is 63.6 Å². The van der Waals surface area contributed by atoms with E-state index in [2.05, 4.69) is 24.3 Å². The minimum atomic E-state index is -0.958. The second kappa shape index (κ2) is 7.50. The molecule has 4 heteroatoms. The Hall–Kier alpha value is -4.18. The number of hydrogen-bond donors (Lipinski definition) is 1. The summed E-state index contributed by atoms with van der Waals surface area (Å²) in [5.41, 5.74) is 6.56. The van der Waals surface area contributed by atoms with Crippen LogP contribution in [0.1, 0.15) is 43.0 Å². The molecule has 0 heterocycles. The minimum Gasteiger partial charge on any atom is -0.478 e. The molecule has 0 fully saturated rings. The smallest absolute Gasteiger partial charge is 0.337 e. The molecule has 0 saturated carbocycles. The number of carbonyl (C=O) groups is 2. The highest BCUT2D eigenvalue weighted by Crippen LogP contribution is 2.55. The molecule has 0 bridgehead atoms. The third kappa shape index (κ3) is 2.77. The van der Waals surface area contributed by atoms with Gasteiger partial charge in [0, 0.05) is 0 Å². The fourth-order valence-electron chi connectivity index (χ4n) is 4.86. The van der Waals surface area contributed by atoms with E-state index in [0.29, 0.717) is 5.56 Å². The van der Waals surface area contributed by atoms with Gasteiger partial charge >= 0.3 is 11.9 Å². The molecule has 0 unspecified atom stereocenters. The molecular formula is C28H20O4. The number of ether oxygens (including phenoxy) is 1. The Morgan fingerprint density at radius 2 is 1.09 bits per heavy atom. The fraction of sp³-hybridized carbons (Fsp3) is 0.0714. The second-order valence-corrected chi connectivity index (χ2v) is 7.79. The van der Waals surface area contributed by atoms with Gasteiger partial charge < -0.3 is 9.84 Å². The molecule has 0 saturated heterocycles. The van der Waals surface area contributed by atoms with Crippen LogP contribution in [-0.4, -0.2) is 24.2 Å². The molecule has 0 radical (unpaired) electrons. The first-order valence-corrected chi connectivity index (χ1v) is 10.3. The zero-order chi connectivity index (χ0) is 22.3. The van der Waals surface area contributed by atoms with E-state index in [0.717, 1.165) is 33.4 Å². The predicted octanol–water partition coefficient (Wildman–Crippen LogP) is 5.53. The Labute approximate surface area is 185 Å². The van der Waals surface area contributed by atoms with Crippen LogP contribution in [-0.2, 0) is 10.2 Å². The molecule has 1 aliphatic carbocycles. The zero-order valence-electron chi connectivity index (χ0n) is 17.4. The van der Waals surface area contributed by atoms with E-state index in [9.17, 15) is 14.7 Å². The van der Waals surface area contributed by atoms with Crippen LogP contribution in [0.2, 0.25) is 0 Å². The summed E-state index contributed by atoms with van der Waals surface area (Å²) in [4.78, 5) is 23.5. The van der Waals surface area contributed by atoms with Crippen LogP contribution in [0, 0.1) is 0 Å². The maximum atomic E-state index is 12.0. The number of fused-ring (bicyclic) bond motifs is 3. The van der Waals surface area contributed by atoms with Crippen molar-refractivity contribution in [1.82, 2.24) is 0 Å². The van der Waals surface area contributed by atoms with Crippen LogP contribution in [0.15, 0.2) is 97.1 Å². The first kappa shape index (κ1) is 19.8. The first-order valence-electron chi connectivity index (χ1n) is 10.3. The number of carboxylic acid groups (broad SMARTS) is 1. The predicted molar refractivity (Wildman–Crippen MR) is 122 cm³/mol. The van der Waals surface area contributed by atoms with Gasteiger partial charge in [-0.15, -0.1) is 0 Å². The molecule has 32 heavy (non-hydrogen) atoms. The molecule has 4 aromatic rings. The molecule has 5 rings (SSSR count). The van der Waals surface area contributed by atoms with Gasteiger partial charge in [0.25, 0.3) is 0 Å². The van der Waals surface area contributed by atoms with Gasteiger partial charge in [-0.25, -0.2) is 9.59 Å². The number of esters is 1. The molecule has 1 N–H and O–H groups in total. The van der Waals surface area contributed by atoms with Crippen molar-refractivity contribution >= 4 is 11.9 Å². The lowest BCUT2D eigenvalue weighted by Crippen LogP contribution is -2.28. The van der Waals surface area contributed by atoms with Gasteiger partial charge in [-0.05, 0) is 57.6 Å². The van der Waals surface area contributed by atoms with E-state index < -0.39 is 11.4 Å². The summed E-state index contributed by atoms with van der Waals surface area (Å²) in [6.07, 6.45) is 0. The lowest BCUT2D eigenvalue weighted by atomic mass is 9.67. The van der Waals surface area contributed by atoms with Gasteiger partial charge in [-0.3, -0.25) is 0 Å². The fourth-order valence-corrected chi connectivity index (χ4v) is 4.86. The van der Waals surface area contributed by atoms with E-state index >= 15 is 0 Å². The SMILES string of the molecule is COC(=O)c1ccc(C2(c3ccc(C(=O)O)cc3)c3ccccc3-c3ccccc32)cc1. The molecule has 4 nitrogen and oxygen atoms in total. The summed E-state index contributed by atoms with van der Waals surface area (Å²) in [6, 6.07) is 31.1. The van der Waals surface area contributed by atoms with Crippen molar-refractivity contribution in [1.29, 1.82) is 0 Å². The highest BCUT2D eigenvalue weighted by atomic mass is 16.5. The van der Waals surface area contributed by atoms with E-state index in [1.807, 2.05) is 48.5 Å². The van der Waals surface area contributed by atoms with Gasteiger partial charge in [-0.1, -0.05) is 72.8 Å². The molecular weight excluding hydrogens is 400 g/mol. The normalized spacial score (nSPS) is 13.2. The summed E-state index contributed by atoms with van der Waals surface area (Å²) in [5, 5.41) is 9.40. The first-order chi connectivity index (χ1) is 15.6. The van der Waals surface area contributed by atoms with Crippen molar-refractivity contribution in [3.05, 3.63) is 130 Å². The van der Waals surface area contributed by atoms with Crippen LogP contribution < -0.4 is 0 Å². The highest BCUT2D eigenvalue weighted by molar-refractivity contribution is 5.91. The number of rotatable bonds is 4. The van der Waals surface area contributed by atoms with Crippen molar-refractivity contribution in [2.45, 2.75) is 5.41 Å². The monoisotopic (exact) mass is 420 g/mol. The Morgan fingerprint density at radius 3 is 1.53 bits per heavy atom. The molecule has 0 atom stereocenters. The average Bonchev–Trinajstić information content (AvgIpc) is 3.15. The van der Waals surface area contributed by atoms with Crippen LogP contribution in [0.3, 0.4) is 0 Å². The number of methoxy groups -OCH3 is 1. The van der Waals surface area contributed by atoms with Gasteiger partial charge in [0.05, 0.1) is 23.7 Å². The molecule has 0 aromatic heterocycles. The van der Waals surface area contributed by atoms with E-state index in [1.165, 1.54) is 7.11 Å². The largest absolute Gasteiger partial charge is 0.478 e. The van der Waals surface area contributed by atoms with Gasteiger partial charge in [0.2, 0.25) is 0 Å². The van der Waals surface area contributed by atoms with Crippen molar-refractivity contribution in [3.63, 3.8) is 0 Å². The molecule has 4 aromatic carbocycles. The summed E-state index contributed by atoms with van der Waals surface area (Å²) in [5.74, 6) is -1.34.